The third kappa shape index (κ3) is 65.0. The van der Waals surface area contributed by atoms with E-state index in [2.05, 4.69) is 160 Å². The summed E-state index contributed by atoms with van der Waals surface area (Å²) < 4.78 is 34.7. The summed E-state index contributed by atoms with van der Waals surface area (Å²) >= 11 is 0. The quantitative estimate of drug-likeness (QED) is 0.0211. The lowest BCUT2D eigenvalue weighted by Gasteiger charge is -2.24. The van der Waals surface area contributed by atoms with Crippen LogP contribution >= 0.6 is 7.82 Å². The second kappa shape index (κ2) is 61.5. The highest BCUT2D eigenvalue weighted by Gasteiger charge is 2.27. The maximum Gasteiger partial charge on any atom is 0.472 e. The molecule has 0 radical (unpaired) electrons. The van der Waals surface area contributed by atoms with E-state index < -0.39 is 26.5 Å². The van der Waals surface area contributed by atoms with Crippen molar-refractivity contribution in [2.75, 3.05) is 47.5 Å². The zero-order chi connectivity index (χ0) is 59.8. The first kappa shape index (κ1) is 77.9. The van der Waals surface area contributed by atoms with Gasteiger partial charge in [-0.1, -0.05) is 262 Å². The Labute approximate surface area is 503 Å². The van der Waals surface area contributed by atoms with E-state index in [1.165, 1.54) is 77.0 Å². The van der Waals surface area contributed by atoms with Crippen LogP contribution in [-0.4, -0.2) is 74.9 Å². The first-order valence-electron chi connectivity index (χ1n) is 32.6. The average Bonchev–Trinajstić information content (AvgIpc) is 3.46. The molecule has 466 valence electrons. The maximum atomic E-state index is 12.9. The molecule has 0 aromatic heterocycles. The fourth-order valence-corrected chi connectivity index (χ4v) is 9.18. The Balaban J connectivity index is 4.18. The first-order chi connectivity index (χ1) is 40.0. The van der Waals surface area contributed by atoms with Crippen LogP contribution in [0, 0.1) is 0 Å². The van der Waals surface area contributed by atoms with Crippen LogP contribution in [0.5, 0.6) is 0 Å². The van der Waals surface area contributed by atoms with Gasteiger partial charge in [-0.25, -0.2) is 4.57 Å². The smallest absolute Gasteiger partial charge is 0.462 e. The van der Waals surface area contributed by atoms with Crippen LogP contribution in [0.2, 0.25) is 0 Å². The predicted molar refractivity (Wildman–Crippen MR) is 353 cm³/mol. The van der Waals surface area contributed by atoms with Crippen LogP contribution in [0.15, 0.2) is 146 Å². The second-order valence-corrected chi connectivity index (χ2v) is 23.8. The Bertz CT molecular complexity index is 1890. The molecule has 82 heavy (non-hydrogen) atoms. The van der Waals surface area contributed by atoms with Crippen molar-refractivity contribution in [1.82, 2.24) is 0 Å². The maximum absolute atomic E-state index is 12.9. The number of carbonyl (C=O) groups is 2. The minimum absolute atomic E-state index is 0.0210. The molecule has 0 amide bonds. The molecule has 0 fully saturated rings. The van der Waals surface area contributed by atoms with Crippen molar-refractivity contribution in [1.29, 1.82) is 0 Å². The summed E-state index contributed by atoms with van der Waals surface area (Å²) in [5.41, 5.74) is 0. The fraction of sp³-hybridized carbons (Fsp3) is 0.639. The Morgan fingerprint density at radius 1 is 0.378 bits per heavy atom. The van der Waals surface area contributed by atoms with Gasteiger partial charge in [-0.3, -0.25) is 18.6 Å². The molecule has 0 bridgehead atoms. The van der Waals surface area contributed by atoms with E-state index in [0.29, 0.717) is 17.4 Å². The number of rotatable bonds is 58. The van der Waals surface area contributed by atoms with E-state index in [9.17, 15) is 19.0 Å². The molecule has 0 spiro atoms. The van der Waals surface area contributed by atoms with Gasteiger partial charge in [-0.15, -0.1) is 0 Å². The molecule has 0 aromatic rings. The molecular weight excluding hydrogens is 1040 g/mol. The van der Waals surface area contributed by atoms with Gasteiger partial charge in [0.2, 0.25) is 0 Å². The van der Waals surface area contributed by atoms with Crippen molar-refractivity contribution in [3.05, 3.63) is 146 Å². The van der Waals surface area contributed by atoms with Gasteiger partial charge >= 0.3 is 19.8 Å². The molecule has 0 heterocycles. The lowest BCUT2D eigenvalue weighted by Crippen LogP contribution is -2.37. The summed E-state index contributed by atoms with van der Waals surface area (Å²) in [6, 6.07) is 0. The largest absolute Gasteiger partial charge is 0.472 e. The Kier molecular flexibility index (Phi) is 58.4. The number of hydrogen-bond acceptors (Lipinski definition) is 7. The monoisotopic (exact) mass is 1160 g/mol. The third-order valence-corrected chi connectivity index (χ3v) is 14.3. The SMILES string of the molecule is CC/C=C\C/C=C\C/C=C\C/C=C\C/C=C\C/C=C\C/C=C\C/C=C\CCCCCCCCC(=O)OC(COC(=O)CCCCCCCCCCCCCCCC/C=C\C/C=C\C/C=C\C/C=C\CC)COP(=O)(O)OCC[N+](C)(C)C. The van der Waals surface area contributed by atoms with Gasteiger partial charge in [0.1, 0.15) is 19.8 Å². The number of phosphoric acid groups is 1. The van der Waals surface area contributed by atoms with E-state index in [1.807, 2.05) is 21.1 Å². The van der Waals surface area contributed by atoms with E-state index >= 15 is 0 Å². The van der Waals surface area contributed by atoms with E-state index in [-0.39, 0.29) is 32.0 Å². The number of carbonyl (C=O) groups excluding carboxylic acids is 2. The molecule has 0 rings (SSSR count). The summed E-state index contributed by atoms with van der Waals surface area (Å²) in [5.74, 6) is -0.821. The van der Waals surface area contributed by atoms with Crippen LogP contribution in [0.3, 0.4) is 0 Å². The summed E-state index contributed by atoms with van der Waals surface area (Å²) in [5, 5.41) is 0. The molecule has 0 aliphatic heterocycles. The number of allylic oxidation sites excluding steroid dienone is 24. The molecule has 10 heteroatoms. The molecule has 9 nitrogen and oxygen atoms in total. The van der Waals surface area contributed by atoms with Crippen molar-refractivity contribution in [2.24, 2.45) is 0 Å². The van der Waals surface area contributed by atoms with Gasteiger partial charge < -0.3 is 18.9 Å². The minimum atomic E-state index is -4.41. The number of phosphoric ester groups is 1. The minimum Gasteiger partial charge on any atom is -0.462 e. The van der Waals surface area contributed by atoms with Crippen molar-refractivity contribution >= 4 is 19.8 Å². The lowest BCUT2D eigenvalue weighted by molar-refractivity contribution is -0.870. The van der Waals surface area contributed by atoms with Crippen LogP contribution in [0.1, 0.15) is 245 Å². The third-order valence-electron chi connectivity index (χ3n) is 13.4. The Morgan fingerprint density at radius 2 is 0.659 bits per heavy atom. The Morgan fingerprint density at radius 3 is 0.976 bits per heavy atom. The number of hydrogen-bond donors (Lipinski definition) is 1. The van der Waals surface area contributed by atoms with E-state index in [1.54, 1.807) is 0 Å². The van der Waals surface area contributed by atoms with Crippen LogP contribution < -0.4 is 0 Å². The zero-order valence-electron chi connectivity index (χ0n) is 52.9. The molecule has 0 aliphatic rings. The van der Waals surface area contributed by atoms with Crippen LogP contribution in [0.4, 0.5) is 0 Å². The highest BCUT2D eigenvalue weighted by molar-refractivity contribution is 7.47. The summed E-state index contributed by atoms with van der Waals surface area (Å²) in [7, 11) is 1.45. The molecule has 2 atom stereocenters. The van der Waals surface area contributed by atoms with Gasteiger partial charge in [0.25, 0.3) is 0 Å². The lowest BCUT2D eigenvalue weighted by atomic mass is 10.0. The molecule has 2 unspecified atom stereocenters. The molecule has 1 N–H and O–H groups in total. The number of likely N-dealkylation sites (N-methyl/N-ethyl adjacent to an activating group) is 1. The molecular formula is C72H121NO8P+. The van der Waals surface area contributed by atoms with Crippen molar-refractivity contribution in [2.45, 2.75) is 251 Å². The van der Waals surface area contributed by atoms with Gasteiger partial charge in [-0.2, -0.15) is 0 Å². The van der Waals surface area contributed by atoms with Crippen molar-refractivity contribution in [3.8, 4) is 0 Å². The van der Waals surface area contributed by atoms with Gasteiger partial charge in [0.05, 0.1) is 27.7 Å². The first-order valence-corrected chi connectivity index (χ1v) is 34.1. The van der Waals surface area contributed by atoms with Crippen molar-refractivity contribution in [3.63, 3.8) is 0 Å². The zero-order valence-corrected chi connectivity index (χ0v) is 53.8. The number of quaternary nitrogens is 1. The number of ether oxygens (including phenoxy) is 2. The molecule has 0 saturated carbocycles. The Hall–Kier alpha value is -4.11. The number of nitrogens with zero attached hydrogens (tertiary/aromatic N) is 1. The topological polar surface area (TPSA) is 108 Å². The van der Waals surface area contributed by atoms with E-state index in [4.69, 9.17) is 18.5 Å². The standard InChI is InChI=1S/C72H120NO8P/c1-6-8-10-12-14-16-18-20-22-24-26-28-30-32-34-35-36-37-39-41-43-45-47-49-51-53-55-57-59-61-63-65-72(75)81-70(69-80-82(76,77)79-67-66-73(3,4)5)68-78-71(74)64-62-60-58-56-54-52-50-48-46-44-42-40-38-33-31-29-27-25-23-21-19-17-15-13-11-9-7-2/h8-11,14-17,20-23,26-29,32,34,36-37,41,43,47,49,70H,6-7,12-13,18-19,24-25,30-31,33,35,38-40,42,44-46,48,50-69H2,1-5H3/p+1/b10-8-,11-9-,16-14-,17-15-,22-20-,23-21-,28-26-,29-27-,34-32-,37-36-,43-41-,49-47-. The number of esters is 2. The summed E-state index contributed by atoms with van der Waals surface area (Å²) in [6.07, 6.45) is 90.7. The van der Waals surface area contributed by atoms with Crippen molar-refractivity contribution < 1.29 is 42.1 Å². The summed E-state index contributed by atoms with van der Waals surface area (Å²) in [4.78, 5) is 35.8. The highest BCUT2D eigenvalue weighted by atomic mass is 31.2. The van der Waals surface area contributed by atoms with Gasteiger partial charge in [-0.05, 0) is 116 Å². The van der Waals surface area contributed by atoms with Gasteiger partial charge in [0, 0.05) is 12.8 Å². The van der Waals surface area contributed by atoms with Gasteiger partial charge in [0.15, 0.2) is 6.10 Å². The summed E-state index contributed by atoms with van der Waals surface area (Å²) in [6.45, 7) is 4.18. The fourth-order valence-electron chi connectivity index (χ4n) is 8.43. The number of unbranched alkanes of at least 4 members (excludes halogenated alkanes) is 20. The van der Waals surface area contributed by atoms with Crippen LogP contribution in [0.25, 0.3) is 0 Å². The molecule has 0 saturated heterocycles. The molecule has 0 aromatic carbocycles. The highest BCUT2D eigenvalue weighted by Crippen LogP contribution is 2.43. The normalized spacial score (nSPS) is 14.2. The van der Waals surface area contributed by atoms with E-state index in [0.717, 1.165) is 135 Å². The van der Waals surface area contributed by atoms with Crippen LogP contribution in [-0.2, 0) is 32.7 Å². The second-order valence-electron chi connectivity index (χ2n) is 22.4. The molecule has 0 aliphatic carbocycles. The average molecular weight is 1160 g/mol. The predicted octanol–water partition coefficient (Wildman–Crippen LogP) is 21.0.